The maximum Gasteiger partial charge on any atom is 0.330 e. The minimum absolute atomic E-state index is 0.00712. The van der Waals surface area contributed by atoms with E-state index in [2.05, 4.69) is 13.8 Å². The summed E-state index contributed by atoms with van der Waals surface area (Å²) in [5.74, 6) is 0.907. The van der Waals surface area contributed by atoms with Gasteiger partial charge in [-0.1, -0.05) is 26.7 Å². The number of hydrogen-bond acceptors (Lipinski definition) is 5. The van der Waals surface area contributed by atoms with E-state index in [0.29, 0.717) is 17.9 Å². The van der Waals surface area contributed by atoms with Crippen LogP contribution in [-0.2, 0) is 9.53 Å². The molecule has 0 N–H and O–H groups in total. The molecule has 1 aliphatic rings. The Labute approximate surface area is 166 Å². The van der Waals surface area contributed by atoms with Gasteiger partial charge in [0.25, 0.3) is 5.91 Å². The van der Waals surface area contributed by atoms with E-state index in [9.17, 15) is 9.59 Å². The van der Waals surface area contributed by atoms with E-state index in [-0.39, 0.29) is 23.4 Å². The van der Waals surface area contributed by atoms with Gasteiger partial charge in [-0.2, -0.15) is 0 Å². The van der Waals surface area contributed by atoms with E-state index in [1.165, 1.54) is 0 Å². The number of unbranched alkanes of at least 4 members (excludes halogenated alkanes) is 1. The van der Waals surface area contributed by atoms with Crippen LogP contribution in [-0.4, -0.2) is 46.7 Å². The fraction of sp³-hybridized carbons (Fsp3) is 0.619. The second-order valence-electron chi connectivity index (χ2n) is 7.02. The number of esters is 1. The van der Waals surface area contributed by atoms with Gasteiger partial charge in [-0.15, -0.1) is 11.8 Å². The molecule has 2 unspecified atom stereocenters. The molecule has 2 atom stereocenters. The zero-order valence-electron chi connectivity index (χ0n) is 16.8. The molecular weight excluding hydrogens is 362 g/mol. The molecule has 1 heterocycles. The molecule has 0 aromatic heterocycles. The van der Waals surface area contributed by atoms with E-state index in [1.807, 2.05) is 26.0 Å². The number of nitrogens with zero attached hydrogens (tertiary/aromatic N) is 1. The molecule has 0 radical (unpaired) electrons. The molecule has 150 valence electrons. The third-order valence-corrected chi connectivity index (χ3v) is 5.71. The smallest absolute Gasteiger partial charge is 0.330 e. The molecule has 2 rings (SSSR count). The zero-order chi connectivity index (χ0) is 19.8. The topological polar surface area (TPSA) is 55.8 Å². The number of amides is 1. The summed E-state index contributed by atoms with van der Waals surface area (Å²) in [6, 6.07) is 6.67. The lowest BCUT2D eigenvalue weighted by Crippen LogP contribution is -2.46. The molecular formula is C21H31NO4S. The lowest BCUT2D eigenvalue weighted by atomic mass is 10.1. The Hall–Kier alpha value is -1.69. The zero-order valence-corrected chi connectivity index (χ0v) is 17.6. The summed E-state index contributed by atoms with van der Waals surface area (Å²) in [5, 5.41) is 0.00712. The van der Waals surface area contributed by atoms with Crippen molar-refractivity contribution in [1.82, 2.24) is 4.90 Å². The highest BCUT2D eigenvalue weighted by molar-refractivity contribution is 8.00. The van der Waals surface area contributed by atoms with Crippen molar-refractivity contribution >= 4 is 23.6 Å². The Balaban J connectivity index is 2.14. The van der Waals surface area contributed by atoms with Gasteiger partial charge in [-0.25, -0.2) is 4.79 Å². The van der Waals surface area contributed by atoms with Gasteiger partial charge in [0.1, 0.15) is 11.8 Å². The number of carbonyl (C=O) groups is 2. The van der Waals surface area contributed by atoms with Crippen molar-refractivity contribution < 1.29 is 19.1 Å². The fourth-order valence-electron chi connectivity index (χ4n) is 2.97. The lowest BCUT2D eigenvalue weighted by Gasteiger charge is -2.28. The van der Waals surface area contributed by atoms with Gasteiger partial charge in [0.05, 0.1) is 18.1 Å². The molecule has 0 spiro atoms. The summed E-state index contributed by atoms with van der Waals surface area (Å²) >= 11 is 1.66. The first-order valence-corrected chi connectivity index (χ1v) is 10.9. The summed E-state index contributed by atoms with van der Waals surface area (Å²) in [5.41, 5.74) is 0.573. The molecule has 0 aliphatic carbocycles. The van der Waals surface area contributed by atoms with Crippen molar-refractivity contribution in [3.8, 4) is 5.75 Å². The standard InChI is InChI=1S/C21H31NO4S/c1-5-7-13-25-17-11-9-16(10-12-17)20(23)22-18(21(24)26-15(3)4)14-27-19(22)8-6-2/h9-12,15,18-19H,5-8,13-14H2,1-4H3. The molecule has 1 saturated heterocycles. The fourth-order valence-corrected chi connectivity index (χ4v) is 4.48. The molecule has 1 amide bonds. The average molecular weight is 394 g/mol. The minimum atomic E-state index is -0.526. The average Bonchev–Trinajstić information content (AvgIpc) is 3.05. The highest BCUT2D eigenvalue weighted by atomic mass is 32.2. The van der Waals surface area contributed by atoms with Crippen LogP contribution in [0.1, 0.15) is 63.7 Å². The van der Waals surface area contributed by atoms with Crippen molar-refractivity contribution in [2.75, 3.05) is 12.4 Å². The van der Waals surface area contributed by atoms with Crippen molar-refractivity contribution in [3.05, 3.63) is 29.8 Å². The maximum absolute atomic E-state index is 13.2. The second kappa shape index (κ2) is 10.6. The predicted octanol–water partition coefficient (Wildman–Crippen LogP) is 4.50. The van der Waals surface area contributed by atoms with Gasteiger partial charge in [0, 0.05) is 11.3 Å². The van der Waals surface area contributed by atoms with Crippen LogP contribution in [0.25, 0.3) is 0 Å². The monoisotopic (exact) mass is 393 g/mol. The summed E-state index contributed by atoms with van der Waals surface area (Å²) in [7, 11) is 0. The Kier molecular flexibility index (Phi) is 8.48. The molecule has 0 bridgehead atoms. The highest BCUT2D eigenvalue weighted by Gasteiger charge is 2.42. The third-order valence-electron chi connectivity index (χ3n) is 4.35. The van der Waals surface area contributed by atoms with Gasteiger partial charge in [0.15, 0.2) is 0 Å². The van der Waals surface area contributed by atoms with Crippen LogP contribution in [0, 0.1) is 0 Å². The minimum Gasteiger partial charge on any atom is -0.494 e. The van der Waals surface area contributed by atoms with E-state index in [0.717, 1.165) is 31.4 Å². The summed E-state index contributed by atoms with van der Waals surface area (Å²) in [6.07, 6.45) is 3.71. The number of rotatable bonds is 9. The largest absolute Gasteiger partial charge is 0.494 e. The first kappa shape index (κ1) is 21.6. The van der Waals surface area contributed by atoms with Crippen molar-refractivity contribution in [1.29, 1.82) is 0 Å². The quantitative estimate of drug-likeness (QED) is 0.457. The van der Waals surface area contributed by atoms with Gasteiger partial charge in [0.2, 0.25) is 0 Å². The number of ether oxygens (including phenoxy) is 2. The van der Waals surface area contributed by atoms with E-state index >= 15 is 0 Å². The van der Waals surface area contributed by atoms with Crippen LogP contribution in [0.3, 0.4) is 0 Å². The van der Waals surface area contributed by atoms with Gasteiger partial charge in [-0.05, 0) is 51.0 Å². The van der Waals surface area contributed by atoms with E-state index in [1.54, 1.807) is 28.8 Å². The highest BCUT2D eigenvalue weighted by Crippen LogP contribution is 2.34. The summed E-state index contributed by atoms with van der Waals surface area (Å²) in [4.78, 5) is 27.4. The number of hydrogen-bond donors (Lipinski definition) is 0. The first-order chi connectivity index (χ1) is 13.0. The number of carbonyl (C=O) groups excluding carboxylic acids is 2. The van der Waals surface area contributed by atoms with Crippen LogP contribution >= 0.6 is 11.8 Å². The molecule has 1 aromatic rings. The van der Waals surface area contributed by atoms with Crippen LogP contribution in [0.2, 0.25) is 0 Å². The third kappa shape index (κ3) is 5.89. The number of thioether (sulfide) groups is 1. The van der Waals surface area contributed by atoms with Gasteiger partial charge in [-0.3, -0.25) is 4.79 Å². The summed E-state index contributed by atoms with van der Waals surface area (Å²) in [6.45, 7) is 8.53. The molecule has 1 fully saturated rings. The molecule has 6 heteroatoms. The van der Waals surface area contributed by atoms with Crippen LogP contribution in [0.5, 0.6) is 5.75 Å². The van der Waals surface area contributed by atoms with Crippen LogP contribution in [0.4, 0.5) is 0 Å². The second-order valence-corrected chi connectivity index (χ2v) is 8.23. The van der Waals surface area contributed by atoms with Gasteiger partial charge < -0.3 is 14.4 Å². The Morgan fingerprint density at radius 1 is 1.19 bits per heavy atom. The Bertz CT molecular complexity index is 617. The predicted molar refractivity (Wildman–Crippen MR) is 109 cm³/mol. The Morgan fingerprint density at radius 2 is 1.89 bits per heavy atom. The van der Waals surface area contributed by atoms with Crippen molar-refractivity contribution in [3.63, 3.8) is 0 Å². The molecule has 1 aromatic carbocycles. The maximum atomic E-state index is 13.2. The molecule has 1 aliphatic heterocycles. The van der Waals surface area contributed by atoms with E-state index in [4.69, 9.17) is 9.47 Å². The van der Waals surface area contributed by atoms with E-state index < -0.39 is 6.04 Å². The SMILES string of the molecule is CCCCOc1ccc(C(=O)N2C(CCC)SCC2C(=O)OC(C)C)cc1. The van der Waals surface area contributed by atoms with Crippen molar-refractivity contribution in [2.24, 2.45) is 0 Å². The molecule has 0 saturated carbocycles. The van der Waals surface area contributed by atoms with Crippen LogP contribution in [0.15, 0.2) is 24.3 Å². The molecule has 27 heavy (non-hydrogen) atoms. The normalized spacial score (nSPS) is 19.4. The first-order valence-electron chi connectivity index (χ1n) is 9.85. The van der Waals surface area contributed by atoms with Crippen LogP contribution < -0.4 is 4.74 Å². The van der Waals surface area contributed by atoms with Gasteiger partial charge >= 0.3 is 5.97 Å². The Morgan fingerprint density at radius 3 is 2.48 bits per heavy atom. The number of benzene rings is 1. The lowest BCUT2D eigenvalue weighted by molar-refractivity contribution is -0.151. The summed E-state index contributed by atoms with van der Waals surface area (Å²) < 4.78 is 11.1. The molecule has 5 nitrogen and oxygen atoms in total. The van der Waals surface area contributed by atoms with Crippen molar-refractivity contribution in [2.45, 2.75) is 70.9 Å².